The van der Waals surface area contributed by atoms with E-state index in [1.54, 1.807) is 0 Å². The van der Waals surface area contributed by atoms with Crippen LogP contribution >= 0.6 is 0 Å². The molecule has 96 valence electrons. The summed E-state index contributed by atoms with van der Waals surface area (Å²) in [5.41, 5.74) is -0.406. The molecule has 2 unspecified atom stereocenters. The molecule has 0 aromatic rings. The van der Waals surface area contributed by atoms with Gasteiger partial charge in [0.05, 0.1) is 6.07 Å². The molecule has 0 amide bonds. The maximum Gasteiger partial charge on any atom is 0.116 e. The third-order valence-corrected chi connectivity index (χ3v) is 4.26. The first kappa shape index (κ1) is 12.8. The summed E-state index contributed by atoms with van der Waals surface area (Å²) >= 11 is 0. The van der Waals surface area contributed by atoms with Crippen LogP contribution in [0, 0.1) is 11.3 Å². The van der Waals surface area contributed by atoms with Crippen molar-refractivity contribution in [1.82, 2.24) is 15.1 Å². The van der Waals surface area contributed by atoms with Crippen molar-refractivity contribution in [2.45, 2.75) is 37.8 Å². The number of nitrogens with one attached hydrogen (secondary N) is 1. The Hall–Kier alpha value is -0.630. The first-order valence-corrected chi connectivity index (χ1v) is 6.73. The molecule has 2 aliphatic heterocycles. The molecule has 4 heteroatoms. The van der Waals surface area contributed by atoms with Gasteiger partial charge in [-0.05, 0) is 33.4 Å². The molecular weight excluding hydrogens is 212 g/mol. The molecule has 0 spiro atoms. The molecule has 2 aliphatic rings. The van der Waals surface area contributed by atoms with Gasteiger partial charge in [0.2, 0.25) is 0 Å². The molecule has 2 fully saturated rings. The highest BCUT2D eigenvalue weighted by Gasteiger charge is 2.32. The molecule has 1 N–H and O–H groups in total. The zero-order chi connectivity index (χ0) is 12.3. The van der Waals surface area contributed by atoms with Gasteiger partial charge >= 0.3 is 0 Å². The molecule has 0 saturated carbocycles. The van der Waals surface area contributed by atoms with E-state index in [4.69, 9.17) is 0 Å². The van der Waals surface area contributed by atoms with Gasteiger partial charge in [-0.1, -0.05) is 6.42 Å². The van der Waals surface area contributed by atoms with Crippen LogP contribution in [-0.2, 0) is 0 Å². The summed E-state index contributed by atoms with van der Waals surface area (Å²) in [6, 6.07) is 3.11. The fourth-order valence-electron chi connectivity index (χ4n) is 2.98. The van der Waals surface area contributed by atoms with E-state index in [0.717, 1.165) is 25.7 Å². The van der Waals surface area contributed by atoms with Crippen LogP contribution in [-0.4, -0.2) is 61.2 Å². The Kier molecular flexibility index (Phi) is 4.03. The zero-order valence-corrected chi connectivity index (χ0v) is 11.1. The number of nitrogens with zero attached hydrogens (tertiary/aromatic N) is 3. The van der Waals surface area contributed by atoms with Crippen molar-refractivity contribution in [2.24, 2.45) is 0 Å². The summed E-state index contributed by atoms with van der Waals surface area (Å²) in [7, 11) is 1.88. The monoisotopic (exact) mass is 236 g/mol. The molecular formula is C13H24N4. The van der Waals surface area contributed by atoms with Crippen LogP contribution in [0.4, 0.5) is 0 Å². The summed E-state index contributed by atoms with van der Waals surface area (Å²) < 4.78 is 0. The number of piperazine rings is 1. The lowest BCUT2D eigenvalue weighted by Crippen LogP contribution is -2.59. The van der Waals surface area contributed by atoms with Gasteiger partial charge in [-0.3, -0.25) is 9.80 Å². The molecule has 0 aromatic carbocycles. The molecule has 2 saturated heterocycles. The lowest BCUT2D eigenvalue weighted by molar-refractivity contribution is 0.0416. The number of likely N-dealkylation sites (N-methyl/N-ethyl adjacent to an activating group) is 1. The second-order valence-corrected chi connectivity index (χ2v) is 5.61. The molecule has 2 rings (SSSR count). The van der Waals surface area contributed by atoms with Crippen LogP contribution in [0.1, 0.15) is 26.2 Å². The van der Waals surface area contributed by atoms with Crippen LogP contribution in [0.25, 0.3) is 0 Å². The first-order valence-electron chi connectivity index (χ1n) is 6.73. The second-order valence-electron chi connectivity index (χ2n) is 5.61. The van der Waals surface area contributed by atoms with Crippen molar-refractivity contribution >= 4 is 0 Å². The minimum absolute atomic E-state index is 0.406. The van der Waals surface area contributed by atoms with E-state index in [0.29, 0.717) is 0 Å². The molecule has 4 nitrogen and oxygen atoms in total. The Morgan fingerprint density at radius 2 is 2.18 bits per heavy atom. The Morgan fingerprint density at radius 1 is 1.35 bits per heavy atom. The maximum atomic E-state index is 9.20. The third kappa shape index (κ3) is 2.98. The van der Waals surface area contributed by atoms with E-state index < -0.39 is 5.54 Å². The van der Waals surface area contributed by atoms with Gasteiger partial charge in [-0.15, -0.1) is 0 Å². The molecule has 0 aromatic heterocycles. The quantitative estimate of drug-likeness (QED) is 0.781. The van der Waals surface area contributed by atoms with E-state index in [2.05, 4.69) is 21.2 Å². The number of hydrogen-bond donors (Lipinski definition) is 1. The molecule has 2 atom stereocenters. The number of piperidine rings is 1. The van der Waals surface area contributed by atoms with Gasteiger partial charge in [-0.25, -0.2) is 0 Å². The fraction of sp³-hybridized carbons (Fsp3) is 0.923. The van der Waals surface area contributed by atoms with Crippen molar-refractivity contribution in [3.63, 3.8) is 0 Å². The number of fused-ring (bicyclic) bond motifs is 1. The Bertz CT molecular complexity index is 298. The van der Waals surface area contributed by atoms with Gasteiger partial charge < -0.3 is 5.32 Å². The summed E-state index contributed by atoms with van der Waals surface area (Å²) in [4.78, 5) is 5.08. The smallest absolute Gasteiger partial charge is 0.116 e. The van der Waals surface area contributed by atoms with Gasteiger partial charge in [0, 0.05) is 32.2 Å². The Morgan fingerprint density at radius 3 is 2.88 bits per heavy atom. The van der Waals surface area contributed by atoms with E-state index in [9.17, 15) is 5.26 Å². The highest BCUT2D eigenvalue weighted by atomic mass is 15.3. The topological polar surface area (TPSA) is 42.3 Å². The van der Waals surface area contributed by atoms with Crippen LogP contribution < -0.4 is 5.32 Å². The molecule has 17 heavy (non-hydrogen) atoms. The minimum Gasteiger partial charge on any atom is -0.302 e. The summed E-state index contributed by atoms with van der Waals surface area (Å²) in [6.07, 6.45) is 4.07. The lowest BCUT2D eigenvalue weighted by Gasteiger charge is -2.45. The summed E-state index contributed by atoms with van der Waals surface area (Å²) in [6.45, 7) is 7.52. The Labute approximate surface area is 105 Å². The second kappa shape index (κ2) is 5.34. The maximum absolute atomic E-state index is 9.20. The van der Waals surface area contributed by atoms with Crippen LogP contribution in [0.2, 0.25) is 0 Å². The molecule has 2 heterocycles. The lowest BCUT2D eigenvalue weighted by atomic mass is 9.97. The van der Waals surface area contributed by atoms with E-state index in [-0.39, 0.29) is 0 Å². The fourth-order valence-corrected chi connectivity index (χ4v) is 2.98. The molecule has 0 radical (unpaired) electrons. The average Bonchev–Trinajstić information content (AvgIpc) is 2.38. The van der Waals surface area contributed by atoms with Gasteiger partial charge in [0.15, 0.2) is 0 Å². The number of nitriles is 1. The standard InChI is InChI=1S/C13H24N4/c1-13(10-14,15-2)11-16-7-8-17-6-4-3-5-12(17)9-16/h12,15H,3-9,11H2,1-2H3. The van der Waals surface area contributed by atoms with Crippen molar-refractivity contribution in [2.75, 3.05) is 39.8 Å². The molecule has 0 bridgehead atoms. The van der Waals surface area contributed by atoms with Gasteiger partial charge in [0.25, 0.3) is 0 Å². The highest BCUT2D eigenvalue weighted by molar-refractivity contribution is 5.05. The van der Waals surface area contributed by atoms with E-state index in [1.165, 1.54) is 32.4 Å². The zero-order valence-electron chi connectivity index (χ0n) is 11.1. The number of rotatable bonds is 3. The molecule has 0 aliphatic carbocycles. The van der Waals surface area contributed by atoms with Crippen LogP contribution in [0.5, 0.6) is 0 Å². The highest BCUT2D eigenvalue weighted by Crippen LogP contribution is 2.21. The van der Waals surface area contributed by atoms with Crippen molar-refractivity contribution in [3.05, 3.63) is 0 Å². The van der Waals surface area contributed by atoms with E-state index >= 15 is 0 Å². The van der Waals surface area contributed by atoms with Crippen molar-refractivity contribution in [1.29, 1.82) is 5.26 Å². The van der Waals surface area contributed by atoms with Crippen LogP contribution in [0.15, 0.2) is 0 Å². The third-order valence-electron chi connectivity index (χ3n) is 4.26. The van der Waals surface area contributed by atoms with Gasteiger partial charge in [-0.2, -0.15) is 5.26 Å². The average molecular weight is 236 g/mol. The predicted molar refractivity (Wildman–Crippen MR) is 68.7 cm³/mol. The largest absolute Gasteiger partial charge is 0.302 e. The number of hydrogen-bond acceptors (Lipinski definition) is 4. The predicted octanol–water partition coefficient (Wildman–Crippen LogP) is 0.658. The first-order chi connectivity index (χ1) is 8.17. The summed E-state index contributed by atoms with van der Waals surface area (Å²) in [5.74, 6) is 0. The summed E-state index contributed by atoms with van der Waals surface area (Å²) in [5, 5.41) is 12.3. The Balaban J connectivity index is 1.90. The normalized spacial score (nSPS) is 30.3. The van der Waals surface area contributed by atoms with Crippen LogP contribution in [0.3, 0.4) is 0 Å². The van der Waals surface area contributed by atoms with Gasteiger partial charge in [0.1, 0.15) is 5.54 Å². The SMILES string of the molecule is CNC(C)(C#N)CN1CCN2CCCCC2C1. The minimum atomic E-state index is -0.406. The van der Waals surface area contributed by atoms with Crippen molar-refractivity contribution in [3.8, 4) is 6.07 Å². The van der Waals surface area contributed by atoms with E-state index in [1.807, 2.05) is 14.0 Å². The van der Waals surface area contributed by atoms with Crippen molar-refractivity contribution < 1.29 is 0 Å².